The molecule has 1 aliphatic rings. The molecule has 0 aliphatic heterocycles. The summed E-state index contributed by atoms with van der Waals surface area (Å²) in [5.74, 6) is 1.54. The van der Waals surface area contributed by atoms with Crippen molar-refractivity contribution in [2.45, 2.75) is 65.0 Å². The Morgan fingerprint density at radius 2 is 2.06 bits per heavy atom. The Labute approximate surface area is 110 Å². The quantitative estimate of drug-likeness (QED) is 0.874. The number of aromatic nitrogens is 3. The van der Waals surface area contributed by atoms with E-state index >= 15 is 0 Å². The number of hydrogen-bond donors (Lipinski definition) is 1. The van der Waals surface area contributed by atoms with Gasteiger partial charge in [0, 0.05) is 6.54 Å². The third-order valence-electron chi connectivity index (χ3n) is 4.40. The molecule has 1 aromatic heterocycles. The molecule has 2 N–H and O–H groups in total. The molecule has 1 unspecified atom stereocenters. The molecule has 1 aromatic rings. The Kier molecular flexibility index (Phi) is 4.75. The lowest BCUT2D eigenvalue weighted by atomic mass is 9.77. The molecule has 2 rings (SSSR count). The van der Waals surface area contributed by atoms with Gasteiger partial charge in [-0.3, -0.25) is 0 Å². The number of nitrogens with zero attached hydrogens (tertiary/aromatic N) is 3. The highest BCUT2D eigenvalue weighted by molar-refractivity contribution is 5.04. The van der Waals surface area contributed by atoms with Crippen molar-refractivity contribution < 1.29 is 0 Å². The molecule has 102 valence electrons. The highest BCUT2D eigenvalue weighted by Gasteiger charge is 2.27. The van der Waals surface area contributed by atoms with Gasteiger partial charge >= 0.3 is 0 Å². The first-order valence-electron chi connectivity index (χ1n) is 7.40. The average Bonchev–Trinajstić information content (AvgIpc) is 2.87. The first kappa shape index (κ1) is 13.5. The number of hydrogen-bond acceptors (Lipinski definition) is 3. The summed E-state index contributed by atoms with van der Waals surface area (Å²) in [5, 5.41) is 8.16. The first-order valence-corrected chi connectivity index (χ1v) is 7.40. The van der Waals surface area contributed by atoms with Crippen LogP contribution in [0.2, 0.25) is 0 Å². The molecule has 0 aromatic carbocycles. The van der Waals surface area contributed by atoms with Gasteiger partial charge in [-0.2, -0.15) is 0 Å². The van der Waals surface area contributed by atoms with Gasteiger partial charge < -0.3 is 5.73 Å². The van der Waals surface area contributed by atoms with E-state index in [0.717, 1.165) is 24.6 Å². The molecule has 1 saturated carbocycles. The summed E-state index contributed by atoms with van der Waals surface area (Å²) in [5.41, 5.74) is 7.55. The fourth-order valence-electron chi connectivity index (χ4n) is 3.11. The van der Waals surface area contributed by atoms with Crippen molar-refractivity contribution >= 4 is 0 Å². The SMILES string of the molecule is CCCn1nncc1C(N)C1CCC(CC)CC1. The minimum atomic E-state index is 0.115. The van der Waals surface area contributed by atoms with Crippen molar-refractivity contribution in [2.75, 3.05) is 0 Å². The molecule has 1 aliphatic carbocycles. The summed E-state index contributed by atoms with van der Waals surface area (Å²) in [6.45, 7) is 5.38. The van der Waals surface area contributed by atoms with Crippen molar-refractivity contribution in [3.05, 3.63) is 11.9 Å². The maximum Gasteiger partial charge on any atom is 0.0757 e. The van der Waals surface area contributed by atoms with Gasteiger partial charge in [0.15, 0.2) is 0 Å². The normalized spacial score (nSPS) is 26.2. The molecular weight excluding hydrogens is 224 g/mol. The topological polar surface area (TPSA) is 56.7 Å². The Bertz CT molecular complexity index is 352. The molecule has 4 nitrogen and oxygen atoms in total. The van der Waals surface area contributed by atoms with Crippen LogP contribution in [0.4, 0.5) is 0 Å². The van der Waals surface area contributed by atoms with Crippen LogP contribution in [0.3, 0.4) is 0 Å². The first-order chi connectivity index (χ1) is 8.76. The fourth-order valence-corrected chi connectivity index (χ4v) is 3.11. The van der Waals surface area contributed by atoms with E-state index in [1.54, 1.807) is 0 Å². The van der Waals surface area contributed by atoms with Crippen molar-refractivity contribution in [1.29, 1.82) is 0 Å². The zero-order valence-corrected chi connectivity index (χ0v) is 11.7. The number of rotatable bonds is 5. The van der Waals surface area contributed by atoms with Crippen LogP contribution in [0.15, 0.2) is 6.20 Å². The summed E-state index contributed by atoms with van der Waals surface area (Å²) in [4.78, 5) is 0. The third-order valence-corrected chi connectivity index (χ3v) is 4.40. The van der Waals surface area contributed by atoms with Crippen molar-refractivity contribution in [2.24, 2.45) is 17.6 Å². The van der Waals surface area contributed by atoms with Gasteiger partial charge in [0.25, 0.3) is 0 Å². The van der Waals surface area contributed by atoms with Crippen LogP contribution >= 0.6 is 0 Å². The molecule has 4 heteroatoms. The molecule has 18 heavy (non-hydrogen) atoms. The van der Waals surface area contributed by atoms with Crippen LogP contribution in [0.25, 0.3) is 0 Å². The smallest absolute Gasteiger partial charge is 0.0757 e. The fraction of sp³-hybridized carbons (Fsp3) is 0.857. The maximum absolute atomic E-state index is 6.43. The lowest BCUT2D eigenvalue weighted by molar-refractivity contribution is 0.234. The van der Waals surface area contributed by atoms with Gasteiger partial charge in [-0.15, -0.1) is 5.10 Å². The van der Waals surface area contributed by atoms with E-state index < -0.39 is 0 Å². The lowest BCUT2D eigenvalue weighted by Gasteiger charge is -2.31. The van der Waals surface area contributed by atoms with Gasteiger partial charge in [-0.05, 0) is 31.1 Å². The summed E-state index contributed by atoms with van der Waals surface area (Å²) in [7, 11) is 0. The van der Waals surface area contributed by atoms with Crippen LogP contribution in [-0.2, 0) is 6.54 Å². The van der Waals surface area contributed by atoms with E-state index in [9.17, 15) is 0 Å². The molecule has 0 bridgehead atoms. The Morgan fingerprint density at radius 3 is 2.67 bits per heavy atom. The maximum atomic E-state index is 6.43. The van der Waals surface area contributed by atoms with E-state index in [4.69, 9.17) is 5.73 Å². The summed E-state index contributed by atoms with van der Waals surface area (Å²) in [6.07, 6.45) is 9.44. The van der Waals surface area contributed by atoms with Crippen LogP contribution < -0.4 is 5.73 Å². The molecule has 0 amide bonds. The van der Waals surface area contributed by atoms with E-state index in [0.29, 0.717) is 5.92 Å². The van der Waals surface area contributed by atoms with Crippen molar-refractivity contribution in [1.82, 2.24) is 15.0 Å². The molecule has 1 heterocycles. The molecular formula is C14H26N4. The van der Waals surface area contributed by atoms with Crippen molar-refractivity contribution in [3.8, 4) is 0 Å². The molecule has 0 saturated heterocycles. The second kappa shape index (κ2) is 6.32. The van der Waals surface area contributed by atoms with Gasteiger partial charge in [-0.1, -0.05) is 38.3 Å². The Hall–Kier alpha value is -0.900. The van der Waals surface area contributed by atoms with E-state index in [1.165, 1.54) is 32.1 Å². The zero-order valence-electron chi connectivity index (χ0n) is 11.7. The van der Waals surface area contributed by atoms with Gasteiger partial charge in [0.1, 0.15) is 0 Å². The number of nitrogens with two attached hydrogens (primary N) is 1. The van der Waals surface area contributed by atoms with Crippen LogP contribution in [0, 0.1) is 11.8 Å². The van der Waals surface area contributed by atoms with Gasteiger partial charge in [0.2, 0.25) is 0 Å². The molecule has 0 radical (unpaired) electrons. The minimum Gasteiger partial charge on any atom is -0.322 e. The standard InChI is InChI=1S/C14H26N4/c1-3-9-18-13(10-16-17-18)14(15)12-7-5-11(4-2)6-8-12/h10-12,14H,3-9,15H2,1-2H3. The predicted octanol–water partition coefficient (Wildman–Crippen LogP) is 2.90. The van der Waals surface area contributed by atoms with E-state index in [1.807, 2.05) is 10.9 Å². The molecule has 0 spiro atoms. The summed E-state index contributed by atoms with van der Waals surface area (Å²) < 4.78 is 1.98. The highest BCUT2D eigenvalue weighted by atomic mass is 15.4. The highest BCUT2D eigenvalue weighted by Crippen LogP contribution is 2.36. The molecule has 1 atom stereocenters. The monoisotopic (exact) mass is 250 g/mol. The van der Waals surface area contributed by atoms with Crippen LogP contribution in [0.1, 0.15) is 64.1 Å². The molecule has 1 fully saturated rings. The van der Waals surface area contributed by atoms with Crippen molar-refractivity contribution in [3.63, 3.8) is 0 Å². The third kappa shape index (κ3) is 2.91. The summed E-state index contributed by atoms with van der Waals surface area (Å²) >= 11 is 0. The van der Waals surface area contributed by atoms with Crippen LogP contribution in [-0.4, -0.2) is 15.0 Å². The van der Waals surface area contributed by atoms with Gasteiger partial charge in [-0.25, -0.2) is 4.68 Å². The second-order valence-corrected chi connectivity index (χ2v) is 5.60. The minimum absolute atomic E-state index is 0.115. The Morgan fingerprint density at radius 1 is 1.33 bits per heavy atom. The average molecular weight is 250 g/mol. The zero-order chi connectivity index (χ0) is 13.0. The summed E-state index contributed by atoms with van der Waals surface area (Å²) in [6, 6.07) is 0.115. The van der Waals surface area contributed by atoms with Crippen LogP contribution in [0.5, 0.6) is 0 Å². The number of aryl methyl sites for hydroxylation is 1. The lowest BCUT2D eigenvalue weighted by Crippen LogP contribution is -2.28. The van der Waals surface area contributed by atoms with E-state index in [2.05, 4.69) is 24.2 Å². The largest absolute Gasteiger partial charge is 0.322 e. The van der Waals surface area contributed by atoms with E-state index in [-0.39, 0.29) is 6.04 Å². The Balaban J connectivity index is 1.98. The predicted molar refractivity (Wildman–Crippen MR) is 73.0 cm³/mol. The van der Waals surface area contributed by atoms with Gasteiger partial charge in [0.05, 0.1) is 17.9 Å². The second-order valence-electron chi connectivity index (χ2n) is 5.60.